The second kappa shape index (κ2) is 10.5. The third-order valence-corrected chi connectivity index (χ3v) is 4.96. The summed E-state index contributed by atoms with van der Waals surface area (Å²) in [5.74, 6) is 0.805. The predicted octanol–water partition coefficient (Wildman–Crippen LogP) is 2.68. The maximum absolute atomic E-state index is 12.5. The SMILES string of the molecule is CCNC(=O)C1(NC(=O)CCCOc2ccc(C#N)cc2OC)CCCCC1. The summed E-state index contributed by atoms with van der Waals surface area (Å²) < 4.78 is 10.9. The van der Waals surface area contributed by atoms with Crippen LogP contribution in [-0.4, -0.2) is 37.6 Å². The van der Waals surface area contributed by atoms with E-state index in [0.717, 1.165) is 19.3 Å². The molecule has 0 radical (unpaired) electrons. The summed E-state index contributed by atoms with van der Waals surface area (Å²) in [6.07, 6.45) is 5.14. The van der Waals surface area contributed by atoms with Crippen molar-refractivity contribution in [2.45, 2.75) is 57.4 Å². The van der Waals surface area contributed by atoms with E-state index in [-0.39, 0.29) is 18.2 Å². The zero-order valence-electron chi connectivity index (χ0n) is 16.7. The monoisotopic (exact) mass is 387 g/mol. The van der Waals surface area contributed by atoms with Gasteiger partial charge in [0.25, 0.3) is 0 Å². The standard InChI is InChI=1S/C21H29N3O4/c1-3-23-20(26)21(11-5-4-6-12-21)24-19(25)8-7-13-28-17-10-9-16(15-22)14-18(17)27-2/h9-10,14H,3-8,11-13H2,1-2H3,(H,23,26)(H,24,25). The van der Waals surface area contributed by atoms with Gasteiger partial charge in [-0.15, -0.1) is 0 Å². The molecule has 1 aliphatic carbocycles. The van der Waals surface area contributed by atoms with Crippen LogP contribution < -0.4 is 20.1 Å². The lowest BCUT2D eigenvalue weighted by Gasteiger charge is -2.36. The summed E-state index contributed by atoms with van der Waals surface area (Å²) in [5, 5.41) is 14.8. The number of hydrogen-bond acceptors (Lipinski definition) is 5. The molecule has 1 aromatic carbocycles. The molecule has 2 N–H and O–H groups in total. The molecular weight excluding hydrogens is 358 g/mol. The van der Waals surface area contributed by atoms with Crippen molar-refractivity contribution in [3.05, 3.63) is 23.8 Å². The van der Waals surface area contributed by atoms with E-state index in [0.29, 0.717) is 49.5 Å². The zero-order valence-corrected chi connectivity index (χ0v) is 16.7. The number of carbonyl (C=O) groups excluding carboxylic acids is 2. The maximum Gasteiger partial charge on any atom is 0.245 e. The van der Waals surface area contributed by atoms with E-state index < -0.39 is 5.54 Å². The molecule has 0 bridgehead atoms. The van der Waals surface area contributed by atoms with Crippen molar-refractivity contribution in [2.24, 2.45) is 0 Å². The molecule has 0 atom stereocenters. The summed E-state index contributed by atoms with van der Waals surface area (Å²) >= 11 is 0. The van der Waals surface area contributed by atoms with Crippen molar-refractivity contribution in [3.8, 4) is 17.6 Å². The zero-order chi connectivity index (χ0) is 20.4. The van der Waals surface area contributed by atoms with Gasteiger partial charge in [0.15, 0.2) is 11.5 Å². The Kier molecular flexibility index (Phi) is 8.12. The topological polar surface area (TPSA) is 100 Å². The van der Waals surface area contributed by atoms with Crippen LogP contribution in [0.25, 0.3) is 0 Å². The number of benzene rings is 1. The Balaban J connectivity index is 1.85. The fourth-order valence-corrected chi connectivity index (χ4v) is 3.49. The van der Waals surface area contributed by atoms with Gasteiger partial charge < -0.3 is 20.1 Å². The summed E-state index contributed by atoms with van der Waals surface area (Å²) in [7, 11) is 1.52. The summed E-state index contributed by atoms with van der Waals surface area (Å²) in [6.45, 7) is 2.77. The molecule has 0 unspecified atom stereocenters. The Morgan fingerprint density at radius 2 is 1.96 bits per heavy atom. The van der Waals surface area contributed by atoms with Gasteiger partial charge in [-0.05, 0) is 38.3 Å². The van der Waals surface area contributed by atoms with E-state index in [1.165, 1.54) is 7.11 Å². The Hall–Kier alpha value is -2.75. The van der Waals surface area contributed by atoms with Crippen LogP contribution in [-0.2, 0) is 9.59 Å². The number of methoxy groups -OCH3 is 1. The second-order valence-electron chi connectivity index (χ2n) is 6.98. The fourth-order valence-electron chi connectivity index (χ4n) is 3.49. The molecule has 0 aliphatic heterocycles. The van der Waals surface area contributed by atoms with Crippen molar-refractivity contribution in [2.75, 3.05) is 20.3 Å². The minimum absolute atomic E-state index is 0.0818. The lowest BCUT2D eigenvalue weighted by molar-refractivity contribution is -0.135. The lowest BCUT2D eigenvalue weighted by atomic mass is 9.80. The van der Waals surface area contributed by atoms with Crippen LogP contribution in [0.15, 0.2) is 18.2 Å². The quantitative estimate of drug-likeness (QED) is 0.635. The molecule has 1 fully saturated rings. The molecule has 7 nitrogen and oxygen atoms in total. The van der Waals surface area contributed by atoms with Crippen LogP contribution in [0.1, 0.15) is 57.4 Å². The number of likely N-dealkylation sites (N-methyl/N-ethyl adjacent to an activating group) is 1. The smallest absolute Gasteiger partial charge is 0.245 e. The van der Waals surface area contributed by atoms with Gasteiger partial charge in [0, 0.05) is 19.0 Å². The van der Waals surface area contributed by atoms with Crippen LogP contribution in [0, 0.1) is 11.3 Å². The average molecular weight is 387 g/mol. The van der Waals surface area contributed by atoms with Gasteiger partial charge >= 0.3 is 0 Å². The van der Waals surface area contributed by atoms with Crippen molar-refractivity contribution < 1.29 is 19.1 Å². The van der Waals surface area contributed by atoms with Gasteiger partial charge in [-0.25, -0.2) is 0 Å². The molecule has 1 aromatic rings. The van der Waals surface area contributed by atoms with Gasteiger partial charge in [0.1, 0.15) is 5.54 Å². The van der Waals surface area contributed by atoms with Crippen molar-refractivity contribution in [1.82, 2.24) is 10.6 Å². The maximum atomic E-state index is 12.5. The molecule has 1 saturated carbocycles. The van der Waals surface area contributed by atoms with E-state index in [9.17, 15) is 9.59 Å². The highest BCUT2D eigenvalue weighted by atomic mass is 16.5. The Morgan fingerprint density at radius 3 is 2.61 bits per heavy atom. The molecule has 0 aromatic heterocycles. The van der Waals surface area contributed by atoms with Gasteiger partial charge in [-0.1, -0.05) is 19.3 Å². The van der Waals surface area contributed by atoms with Gasteiger partial charge in [-0.2, -0.15) is 5.26 Å². The molecule has 1 aliphatic rings. The summed E-state index contributed by atoms with van der Waals surface area (Å²) in [4.78, 5) is 24.9. The molecule has 2 rings (SSSR count). The first kappa shape index (κ1) is 21.5. The number of carbonyl (C=O) groups is 2. The first-order valence-corrected chi connectivity index (χ1v) is 9.85. The van der Waals surface area contributed by atoms with Gasteiger partial charge in [0.2, 0.25) is 11.8 Å². The highest BCUT2D eigenvalue weighted by Gasteiger charge is 2.40. The number of nitrogens with zero attached hydrogens (tertiary/aromatic N) is 1. The Bertz CT molecular complexity index is 721. The van der Waals surface area contributed by atoms with E-state index >= 15 is 0 Å². The number of amides is 2. The summed E-state index contributed by atoms with van der Waals surface area (Å²) in [5.41, 5.74) is -0.283. The third kappa shape index (κ3) is 5.62. The highest BCUT2D eigenvalue weighted by Crippen LogP contribution is 2.29. The van der Waals surface area contributed by atoms with Gasteiger partial charge in [-0.3, -0.25) is 9.59 Å². The van der Waals surface area contributed by atoms with Gasteiger partial charge in [0.05, 0.1) is 25.3 Å². The first-order chi connectivity index (χ1) is 13.5. The third-order valence-electron chi connectivity index (χ3n) is 4.96. The Morgan fingerprint density at radius 1 is 1.21 bits per heavy atom. The summed E-state index contributed by atoms with van der Waals surface area (Å²) in [6, 6.07) is 7.00. The fraction of sp³-hybridized carbons (Fsp3) is 0.571. The largest absolute Gasteiger partial charge is 0.493 e. The van der Waals surface area contributed by atoms with Crippen LogP contribution in [0.5, 0.6) is 11.5 Å². The minimum atomic E-state index is -0.775. The van der Waals surface area contributed by atoms with E-state index in [1.54, 1.807) is 18.2 Å². The highest BCUT2D eigenvalue weighted by molar-refractivity contribution is 5.91. The van der Waals surface area contributed by atoms with Crippen molar-refractivity contribution >= 4 is 11.8 Å². The molecule has 7 heteroatoms. The molecule has 0 spiro atoms. The number of hydrogen-bond donors (Lipinski definition) is 2. The van der Waals surface area contributed by atoms with E-state index in [2.05, 4.69) is 16.7 Å². The molecule has 0 heterocycles. The number of rotatable bonds is 9. The molecule has 0 saturated heterocycles. The van der Waals surface area contributed by atoms with Crippen LogP contribution in [0.4, 0.5) is 0 Å². The number of nitrogens with one attached hydrogen (secondary N) is 2. The van der Waals surface area contributed by atoms with Crippen LogP contribution in [0.2, 0.25) is 0 Å². The minimum Gasteiger partial charge on any atom is -0.493 e. The number of nitriles is 1. The molecular formula is C21H29N3O4. The molecule has 28 heavy (non-hydrogen) atoms. The number of ether oxygens (including phenoxy) is 2. The predicted molar refractivity (Wildman–Crippen MR) is 105 cm³/mol. The van der Waals surface area contributed by atoms with E-state index in [1.807, 2.05) is 6.92 Å². The van der Waals surface area contributed by atoms with Crippen LogP contribution >= 0.6 is 0 Å². The molecule has 152 valence electrons. The average Bonchev–Trinajstić information content (AvgIpc) is 2.72. The van der Waals surface area contributed by atoms with Crippen molar-refractivity contribution in [3.63, 3.8) is 0 Å². The molecule has 2 amide bonds. The van der Waals surface area contributed by atoms with E-state index in [4.69, 9.17) is 14.7 Å². The second-order valence-corrected chi connectivity index (χ2v) is 6.98. The Labute approximate surface area is 166 Å². The van der Waals surface area contributed by atoms with Crippen molar-refractivity contribution in [1.29, 1.82) is 5.26 Å². The van der Waals surface area contributed by atoms with Crippen LogP contribution in [0.3, 0.4) is 0 Å². The normalized spacial score (nSPS) is 15.2. The lowest BCUT2D eigenvalue weighted by Crippen LogP contribution is -2.59. The first-order valence-electron chi connectivity index (χ1n) is 9.85.